The van der Waals surface area contributed by atoms with Gasteiger partial charge in [0, 0.05) is 12.6 Å². The molecule has 0 bridgehead atoms. The van der Waals surface area contributed by atoms with E-state index < -0.39 is 11.6 Å². The molecule has 0 spiro atoms. The van der Waals surface area contributed by atoms with Crippen LogP contribution in [0.4, 0.5) is 14.6 Å². The maximum absolute atomic E-state index is 13.6. The molecule has 0 saturated carbocycles. The number of pyridine rings is 1. The number of nitrogens with one attached hydrogen (secondary N) is 1. The normalized spacial score (nSPS) is 9.90. The maximum atomic E-state index is 13.6. The zero-order valence-corrected chi connectivity index (χ0v) is 10.7. The summed E-state index contributed by atoms with van der Waals surface area (Å²) < 4.78 is 32.3. The van der Waals surface area contributed by atoms with Crippen LogP contribution in [0.2, 0.25) is 0 Å². The van der Waals surface area contributed by atoms with E-state index in [1.807, 2.05) is 6.07 Å². The molecule has 0 aliphatic heterocycles. The fourth-order valence-electron chi connectivity index (χ4n) is 1.55. The Labute approximate surface area is 114 Å². The van der Waals surface area contributed by atoms with Gasteiger partial charge in [-0.3, -0.25) is 0 Å². The number of rotatable bonds is 4. The van der Waals surface area contributed by atoms with Crippen molar-refractivity contribution in [1.82, 2.24) is 4.98 Å². The summed E-state index contributed by atoms with van der Waals surface area (Å²) in [6, 6.07) is 8.83. The first kappa shape index (κ1) is 13.7. The molecule has 0 amide bonds. The standard InChI is InChI=1S/C14H11F2N3O/c1-2-18-13-11(15)7-12(16)14(19-13)20-10-5-3-4-9(6-10)8-17/h3-7H,2H2,1H3,(H,18,19). The second-order valence-electron chi connectivity index (χ2n) is 3.88. The summed E-state index contributed by atoms with van der Waals surface area (Å²) in [5, 5.41) is 11.4. The van der Waals surface area contributed by atoms with Gasteiger partial charge in [-0.2, -0.15) is 10.2 Å². The highest BCUT2D eigenvalue weighted by molar-refractivity contribution is 5.42. The Morgan fingerprint density at radius 1 is 1.30 bits per heavy atom. The molecule has 2 rings (SSSR count). The van der Waals surface area contributed by atoms with Crippen LogP contribution in [0.15, 0.2) is 30.3 Å². The first-order valence-corrected chi connectivity index (χ1v) is 5.92. The summed E-state index contributed by atoms with van der Waals surface area (Å²) in [7, 11) is 0. The molecular weight excluding hydrogens is 264 g/mol. The van der Waals surface area contributed by atoms with E-state index >= 15 is 0 Å². The topological polar surface area (TPSA) is 57.9 Å². The Kier molecular flexibility index (Phi) is 4.11. The minimum absolute atomic E-state index is 0.0830. The van der Waals surface area contributed by atoms with Crippen LogP contribution >= 0.6 is 0 Å². The summed E-state index contributed by atoms with van der Waals surface area (Å²) in [6.07, 6.45) is 0. The Morgan fingerprint density at radius 3 is 2.80 bits per heavy atom. The number of hydrogen-bond acceptors (Lipinski definition) is 4. The largest absolute Gasteiger partial charge is 0.436 e. The lowest BCUT2D eigenvalue weighted by Crippen LogP contribution is -2.04. The highest BCUT2D eigenvalue weighted by atomic mass is 19.1. The van der Waals surface area contributed by atoms with E-state index in [0.717, 1.165) is 0 Å². The van der Waals surface area contributed by atoms with E-state index in [9.17, 15) is 8.78 Å². The number of ether oxygens (including phenoxy) is 1. The molecule has 0 saturated heterocycles. The van der Waals surface area contributed by atoms with Crippen molar-refractivity contribution < 1.29 is 13.5 Å². The molecule has 102 valence electrons. The molecule has 4 nitrogen and oxygen atoms in total. The van der Waals surface area contributed by atoms with Crippen LogP contribution < -0.4 is 10.1 Å². The zero-order chi connectivity index (χ0) is 14.5. The van der Waals surface area contributed by atoms with Gasteiger partial charge in [0.2, 0.25) is 0 Å². The van der Waals surface area contributed by atoms with Crippen LogP contribution in [0.1, 0.15) is 12.5 Å². The Bertz CT molecular complexity index is 668. The predicted octanol–water partition coefficient (Wildman–Crippen LogP) is 3.46. The first-order chi connectivity index (χ1) is 9.63. The van der Waals surface area contributed by atoms with Crippen molar-refractivity contribution in [3.05, 3.63) is 47.5 Å². The van der Waals surface area contributed by atoms with E-state index in [1.165, 1.54) is 6.07 Å². The molecule has 0 unspecified atom stereocenters. The predicted molar refractivity (Wildman–Crippen MR) is 69.5 cm³/mol. The van der Waals surface area contributed by atoms with E-state index in [4.69, 9.17) is 10.00 Å². The summed E-state index contributed by atoms with van der Waals surface area (Å²) in [6.45, 7) is 2.21. The number of nitrogens with zero attached hydrogens (tertiary/aromatic N) is 2. The Morgan fingerprint density at radius 2 is 2.10 bits per heavy atom. The number of aromatic nitrogens is 1. The van der Waals surface area contributed by atoms with Gasteiger partial charge in [-0.05, 0) is 25.1 Å². The van der Waals surface area contributed by atoms with Crippen molar-refractivity contribution in [3.8, 4) is 17.7 Å². The van der Waals surface area contributed by atoms with Crippen LogP contribution in [-0.2, 0) is 0 Å². The fraction of sp³-hybridized carbons (Fsp3) is 0.143. The van der Waals surface area contributed by atoms with Crippen molar-refractivity contribution in [2.75, 3.05) is 11.9 Å². The van der Waals surface area contributed by atoms with Gasteiger partial charge in [-0.25, -0.2) is 8.78 Å². The van der Waals surface area contributed by atoms with Gasteiger partial charge in [0.1, 0.15) is 5.75 Å². The van der Waals surface area contributed by atoms with Crippen LogP contribution in [-0.4, -0.2) is 11.5 Å². The number of anilines is 1. The Balaban J connectivity index is 2.33. The first-order valence-electron chi connectivity index (χ1n) is 5.92. The molecule has 0 fully saturated rings. The van der Waals surface area contributed by atoms with E-state index in [2.05, 4.69) is 10.3 Å². The molecule has 0 radical (unpaired) electrons. The maximum Gasteiger partial charge on any atom is 0.258 e. The average Bonchev–Trinajstić information content (AvgIpc) is 2.44. The van der Waals surface area contributed by atoms with Gasteiger partial charge in [0.05, 0.1) is 11.6 Å². The smallest absolute Gasteiger partial charge is 0.258 e. The molecule has 0 atom stereocenters. The SMILES string of the molecule is CCNc1nc(Oc2cccc(C#N)c2)c(F)cc1F. The lowest BCUT2D eigenvalue weighted by molar-refractivity contribution is 0.418. The minimum Gasteiger partial charge on any atom is -0.436 e. The van der Waals surface area contributed by atoms with E-state index in [0.29, 0.717) is 18.2 Å². The summed E-state index contributed by atoms with van der Waals surface area (Å²) in [5.74, 6) is -1.88. The molecule has 1 N–H and O–H groups in total. The number of hydrogen-bond donors (Lipinski definition) is 1. The summed E-state index contributed by atoms with van der Waals surface area (Å²) >= 11 is 0. The molecule has 20 heavy (non-hydrogen) atoms. The van der Waals surface area contributed by atoms with Crippen LogP contribution in [0.25, 0.3) is 0 Å². The van der Waals surface area contributed by atoms with Gasteiger partial charge in [0.15, 0.2) is 17.5 Å². The third kappa shape index (κ3) is 3.01. The highest BCUT2D eigenvalue weighted by Gasteiger charge is 2.13. The second-order valence-corrected chi connectivity index (χ2v) is 3.88. The monoisotopic (exact) mass is 275 g/mol. The molecular formula is C14H11F2N3O. The molecule has 1 aromatic carbocycles. The average molecular weight is 275 g/mol. The van der Waals surface area contributed by atoms with E-state index in [-0.39, 0.29) is 17.4 Å². The van der Waals surface area contributed by atoms with E-state index in [1.54, 1.807) is 25.1 Å². The van der Waals surface area contributed by atoms with Crippen LogP contribution in [0, 0.1) is 23.0 Å². The summed E-state index contributed by atoms with van der Waals surface area (Å²) in [5.41, 5.74) is 0.372. The van der Waals surface area contributed by atoms with Crippen molar-refractivity contribution in [2.24, 2.45) is 0 Å². The van der Waals surface area contributed by atoms with Crippen molar-refractivity contribution in [2.45, 2.75) is 6.92 Å². The van der Waals surface area contributed by atoms with Crippen molar-refractivity contribution in [3.63, 3.8) is 0 Å². The number of halogens is 2. The highest BCUT2D eigenvalue weighted by Crippen LogP contribution is 2.26. The van der Waals surface area contributed by atoms with Gasteiger partial charge >= 0.3 is 0 Å². The van der Waals surface area contributed by atoms with Gasteiger partial charge in [-0.15, -0.1) is 0 Å². The Hall–Kier alpha value is -2.68. The summed E-state index contributed by atoms with van der Waals surface area (Å²) in [4.78, 5) is 3.75. The fourth-order valence-corrected chi connectivity index (χ4v) is 1.55. The second kappa shape index (κ2) is 5.97. The van der Waals surface area contributed by atoms with Gasteiger partial charge in [-0.1, -0.05) is 6.07 Å². The third-order valence-corrected chi connectivity index (χ3v) is 2.42. The molecule has 6 heteroatoms. The molecule has 0 aliphatic carbocycles. The molecule has 1 aromatic heterocycles. The number of benzene rings is 1. The van der Waals surface area contributed by atoms with Gasteiger partial charge < -0.3 is 10.1 Å². The molecule has 2 aromatic rings. The van der Waals surface area contributed by atoms with Gasteiger partial charge in [0.25, 0.3) is 5.88 Å². The quantitative estimate of drug-likeness (QED) is 0.928. The van der Waals surface area contributed by atoms with Crippen LogP contribution in [0.3, 0.4) is 0 Å². The van der Waals surface area contributed by atoms with Crippen LogP contribution in [0.5, 0.6) is 11.6 Å². The van der Waals surface area contributed by atoms with Crippen molar-refractivity contribution >= 4 is 5.82 Å². The lowest BCUT2D eigenvalue weighted by atomic mass is 10.2. The minimum atomic E-state index is -0.911. The lowest BCUT2D eigenvalue weighted by Gasteiger charge is -2.09. The molecule has 1 heterocycles. The number of nitriles is 1. The molecule has 0 aliphatic rings. The third-order valence-electron chi connectivity index (χ3n) is 2.42. The zero-order valence-electron chi connectivity index (χ0n) is 10.7. The van der Waals surface area contributed by atoms with Crippen molar-refractivity contribution in [1.29, 1.82) is 5.26 Å².